The molecule has 1 spiro atoms. The molecule has 1 aromatic rings. The predicted octanol–water partition coefficient (Wildman–Crippen LogP) is -0.503. The van der Waals surface area contributed by atoms with Crippen molar-refractivity contribution in [3.05, 3.63) is 12.0 Å². The summed E-state index contributed by atoms with van der Waals surface area (Å²) in [5.74, 6) is 0.526. The van der Waals surface area contributed by atoms with Crippen LogP contribution in [0.2, 0.25) is 0 Å². The minimum absolute atomic E-state index is 0.0437. The Morgan fingerprint density at radius 1 is 1.39 bits per heavy atom. The summed E-state index contributed by atoms with van der Waals surface area (Å²) in [5, 5.41) is 2.82. The van der Waals surface area contributed by atoms with E-state index in [1.165, 1.54) is 4.31 Å². The molecule has 8 nitrogen and oxygen atoms in total. The fourth-order valence-electron chi connectivity index (χ4n) is 3.64. The SMILES string of the molecule is C[C@H]1C(=O)NCC2(COC2)N1S(=O)(=O)c1cn2c(n1)CCCC2. The summed E-state index contributed by atoms with van der Waals surface area (Å²) >= 11 is 0. The van der Waals surface area contributed by atoms with Crippen molar-refractivity contribution in [3.8, 4) is 0 Å². The van der Waals surface area contributed by atoms with E-state index >= 15 is 0 Å². The molecule has 0 aromatic carbocycles. The Hall–Kier alpha value is -1.45. The number of carbonyl (C=O) groups excluding carboxylic acids is 1. The zero-order chi connectivity index (χ0) is 16.2. The minimum Gasteiger partial charge on any atom is -0.377 e. The smallest absolute Gasteiger partial charge is 0.263 e. The molecule has 2 fully saturated rings. The van der Waals surface area contributed by atoms with Gasteiger partial charge in [0.1, 0.15) is 17.4 Å². The maximum absolute atomic E-state index is 13.2. The van der Waals surface area contributed by atoms with Gasteiger partial charge in [0.25, 0.3) is 10.0 Å². The number of carbonyl (C=O) groups is 1. The number of piperazine rings is 1. The molecule has 0 unspecified atom stereocenters. The number of sulfonamides is 1. The predicted molar refractivity (Wildman–Crippen MR) is 80.2 cm³/mol. The van der Waals surface area contributed by atoms with Crippen molar-refractivity contribution in [2.45, 2.75) is 49.3 Å². The molecule has 0 bridgehead atoms. The van der Waals surface area contributed by atoms with E-state index in [1.807, 2.05) is 4.57 Å². The summed E-state index contributed by atoms with van der Waals surface area (Å²) < 4.78 is 34.9. The minimum atomic E-state index is -3.85. The lowest BCUT2D eigenvalue weighted by Gasteiger charge is -2.52. The van der Waals surface area contributed by atoms with Crippen molar-refractivity contribution >= 4 is 15.9 Å². The van der Waals surface area contributed by atoms with Crippen molar-refractivity contribution in [2.24, 2.45) is 0 Å². The van der Waals surface area contributed by atoms with Gasteiger partial charge >= 0.3 is 0 Å². The van der Waals surface area contributed by atoms with Crippen molar-refractivity contribution in [1.29, 1.82) is 0 Å². The van der Waals surface area contributed by atoms with Crippen LogP contribution in [0.3, 0.4) is 0 Å². The van der Waals surface area contributed by atoms with Crippen LogP contribution >= 0.6 is 0 Å². The topological polar surface area (TPSA) is 93.5 Å². The highest BCUT2D eigenvalue weighted by Crippen LogP contribution is 2.35. The monoisotopic (exact) mass is 340 g/mol. The summed E-state index contributed by atoms with van der Waals surface area (Å²) in [5.41, 5.74) is -0.684. The quantitative estimate of drug-likeness (QED) is 0.783. The number of imidazole rings is 1. The average Bonchev–Trinajstić information content (AvgIpc) is 2.93. The number of fused-ring (bicyclic) bond motifs is 1. The van der Waals surface area contributed by atoms with E-state index in [4.69, 9.17) is 4.74 Å². The number of rotatable bonds is 2. The van der Waals surface area contributed by atoms with Crippen LogP contribution in [-0.2, 0) is 32.5 Å². The third-order valence-electron chi connectivity index (χ3n) is 4.94. The van der Waals surface area contributed by atoms with Gasteiger partial charge in [0, 0.05) is 25.7 Å². The van der Waals surface area contributed by atoms with E-state index in [2.05, 4.69) is 10.3 Å². The number of hydrogen-bond acceptors (Lipinski definition) is 5. The number of hydrogen-bond donors (Lipinski definition) is 1. The Balaban J connectivity index is 1.76. The molecular weight excluding hydrogens is 320 g/mol. The second-order valence-electron chi connectivity index (χ2n) is 6.56. The Kier molecular flexibility index (Phi) is 3.30. The molecular formula is C14H20N4O4S. The van der Waals surface area contributed by atoms with Crippen LogP contribution in [0.5, 0.6) is 0 Å². The maximum Gasteiger partial charge on any atom is 0.263 e. The van der Waals surface area contributed by atoms with E-state index in [0.29, 0.717) is 13.2 Å². The first-order chi connectivity index (χ1) is 10.9. The molecule has 23 heavy (non-hydrogen) atoms. The normalized spacial score (nSPS) is 27.3. The number of aryl methyl sites for hydroxylation is 2. The van der Waals surface area contributed by atoms with Crippen LogP contribution in [0.4, 0.5) is 0 Å². The van der Waals surface area contributed by atoms with Gasteiger partial charge in [-0.15, -0.1) is 0 Å². The van der Waals surface area contributed by atoms with E-state index in [1.54, 1.807) is 13.1 Å². The number of nitrogens with one attached hydrogen (secondary N) is 1. The van der Waals surface area contributed by atoms with Crippen molar-refractivity contribution in [1.82, 2.24) is 19.2 Å². The summed E-state index contributed by atoms with van der Waals surface area (Å²) in [7, 11) is -3.85. The van der Waals surface area contributed by atoms with E-state index in [0.717, 1.165) is 31.6 Å². The van der Waals surface area contributed by atoms with Gasteiger partial charge in [0.05, 0.1) is 13.2 Å². The summed E-state index contributed by atoms with van der Waals surface area (Å²) in [6, 6.07) is -0.767. The second kappa shape index (κ2) is 5.02. The highest BCUT2D eigenvalue weighted by Gasteiger charge is 2.56. The lowest BCUT2D eigenvalue weighted by molar-refractivity contribution is -0.153. The molecule has 3 aliphatic heterocycles. The molecule has 4 heterocycles. The number of nitrogens with zero attached hydrogens (tertiary/aromatic N) is 3. The summed E-state index contributed by atoms with van der Waals surface area (Å²) in [6.45, 7) is 3.28. The van der Waals surface area contributed by atoms with Crippen LogP contribution in [-0.4, -0.2) is 59.5 Å². The number of aromatic nitrogens is 2. The van der Waals surface area contributed by atoms with Crippen LogP contribution in [0, 0.1) is 0 Å². The van der Waals surface area contributed by atoms with Crippen molar-refractivity contribution in [3.63, 3.8) is 0 Å². The fourth-order valence-corrected chi connectivity index (χ4v) is 5.51. The molecule has 1 amide bonds. The molecule has 1 aromatic heterocycles. The van der Waals surface area contributed by atoms with Crippen LogP contribution in [0.1, 0.15) is 25.6 Å². The zero-order valence-electron chi connectivity index (χ0n) is 13.0. The molecule has 4 rings (SSSR count). The third kappa shape index (κ3) is 2.14. The Bertz CT molecular complexity index is 729. The molecule has 9 heteroatoms. The van der Waals surface area contributed by atoms with Crippen LogP contribution in [0.25, 0.3) is 0 Å². The molecule has 2 saturated heterocycles. The zero-order valence-corrected chi connectivity index (χ0v) is 13.8. The lowest BCUT2D eigenvalue weighted by Crippen LogP contribution is -2.75. The maximum atomic E-state index is 13.2. The largest absolute Gasteiger partial charge is 0.377 e. The van der Waals surface area contributed by atoms with Gasteiger partial charge in [-0.2, -0.15) is 4.31 Å². The third-order valence-corrected chi connectivity index (χ3v) is 6.89. The number of amides is 1. The molecule has 126 valence electrons. The lowest BCUT2D eigenvalue weighted by atomic mass is 9.93. The molecule has 0 radical (unpaired) electrons. The van der Waals surface area contributed by atoms with E-state index < -0.39 is 21.6 Å². The first kappa shape index (κ1) is 15.1. The Labute approximate surface area is 134 Å². The summed E-state index contributed by atoms with van der Waals surface area (Å²) in [6.07, 6.45) is 4.45. The van der Waals surface area contributed by atoms with Gasteiger partial charge < -0.3 is 14.6 Å². The van der Waals surface area contributed by atoms with Gasteiger partial charge in [0.2, 0.25) is 5.91 Å². The average molecular weight is 340 g/mol. The standard InChI is InChI=1S/C14H20N4O4S/c1-10-13(19)15-7-14(8-22-9-14)18(10)23(20,21)12-6-17-5-3-2-4-11(17)16-12/h6,10H,2-5,7-9H2,1H3,(H,15,19)/t10-/m0/s1. The van der Waals surface area contributed by atoms with E-state index in [9.17, 15) is 13.2 Å². The van der Waals surface area contributed by atoms with Crippen molar-refractivity contribution in [2.75, 3.05) is 19.8 Å². The molecule has 0 aliphatic carbocycles. The number of ether oxygens (including phenoxy) is 1. The first-order valence-electron chi connectivity index (χ1n) is 7.90. The second-order valence-corrected chi connectivity index (χ2v) is 8.32. The Morgan fingerprint density at radius 3 is 2.83 bits per heavy atom. The van der Waals surface area contributed by atoms with Gasteiger partial charge in [-0.25, -0.2) is 13.4 Å². The highest BCUT2D eigenvalue weighted by atomic mass is 32.2. The van der Waals surface area contributed by atoms with Gasteiger partial charge in [0.15, 0.2) is 5.03 Å². The Morgan fingerprint density at radius 2 is 2.17 bits per heavy atom. The van der Waals surface area contributed by atoms with Gasteiger partial charge in [-0.3, -0.25) is 4.79 Å². The molecule has 0 saturated carbocycles. The molecule has 3 aliphatic rings. The van der Waals surface area contributed by atoms with Crippen LogP contribution in [0.15, 0.2) is 11.2 Å². The van der Waals surface area contributed by atoms with E-state index in [-0.39, 0.29) is 17.5 Å². The molecule has 1 atom stereocenters. The summed E-state index contributed by atoms with van der Waals surface area (Å²) in [4.78, 5) is 16.4. The highest BCUT2D eigenvalue weighted by molar-refractivity contribution is 7.89. The first-order valence-corrected chi connectivity index (χ1v) is 9.34. The van der Waals surface area contributed by atoms with Gasteiger partial charge in [-0.05, 0) is 19.8 Å². The molecule has 1 N–H and O–H groups in total. The van der Waals surface area contributed by atoms with Crippen molar-refractivity contribution < 1.29 is 17.9 Å². The van der Waals surface area contributed by atoms with Crippen LogP contribution < -0.4 is 5.32 Å². The van der Waals surface area contributed by atoms with Gasteiger partial charge in [-0.1, -0.05) is 0 Å². The fraction of sp³-hybridized carbons (Fsp3) is 0.714.